The van der Waals surface area contributed by atoms with E-state index in [1.165, 1.54) is 6.34 Å². The van der Waals surface area contributed by atoms with Crippen LogP contribution in [0, 0.1) is 5.21 Å². The molecule has 0 bridgehead atoms. The van der Waals surface area contributed by atoms with E-state index >= 15 is 0 Å². The predicted octanol–water partition coefficient (Wildman–Crippen LogP) is 3.49. The smallest absolute Gasteiger partial charge is 0.195 e. The maximum absolute atomic E-state index is 12.0. The third-order valence-corrected chi connectivity index (χ3v) is 3.09. The standard InChI is InChI=1S/C9H8Cl2N2O/c1-2-13(14)5-12-9-7(13)4-3-6(10)8(9)11/h3-5H,2H2,1H3. The Bertz CT molecular complexity index is 420. The summed E-state index contributed by atoms with van der Waals surface area (Å²) in [5.74, 6) is 0. The van der Waals surface area contributed by atoms with Crippen LogP contribution in [0.2, 0.25) is 10.0 Å². The number of fused-ring (bicyclic) bond motifs is 1. The molecule has 1 aromatic carbocycles. The van der Waals surface area contributed by atoms with Crippen LogP contribution in [0.3, 0.4) is 0 Å². The molecule has 5 heteroatoms. The number of aliphatic imine (C=N–C) groups is 1. The van der Waals surface area contributed by atoms with Crippen LogP contribution in [0.25, 0.3) is 0 Å². The molecule has 0 N–H and O–H groups in total. The molecule has 14 heavy (non-hydrogen) atoms. The van der Waals surface area contributed by atoms with Crippen LogP contribution >= 0.6 is 23.2 Å². The Morgan fingerprint density at radius 1 is 1.43 bits per heavy atom. The Labute approximate surface area is 91.7 Å². The summed E-state index contributed by atoms with van der Waals surface area (Å²) >= 11 is 11.7. The second-order valence-corrected chi connectivity index (χ2v) is 3.87. The number of quaternary nitrogens is 1. The summed E-state index contributed by atoms with van der Waals surface area (Å²) in [5, 5.41) is 12.8. The molecule has 0 aliphatic carbocycles. The molecule has 0 saturated heterocycles. The van der Waals surface area contributed by atoms with Gasteiger partial charge in [-0.15, -0.1) is 0 Å². The fourth-order valence-electron chi connectivity index (χ4n) is 1.42. The fourth-order valence-corrected chi connectivity index (χ4v) is 1.78. The lowest BCUT2D eigenvalue weighted by Gasteiger charge is -2.33. The maximum atomic E-state index is 12.0. The molecule has 0 saturated carbocycles. The second-order valence-electron chi connectivity index (χ2n) is 3.09. The highest BCUT2D eigenvalue weighted by molar-refractivity contribution is 6.44. The van der Waals surface area contributed by atoms with Crippen LogP contribution < -0.4 is 4.65 Å². The summed E-state index contributed by atoms with van der Waals surface area (Å²) in [6.45, 7) is 2.20. The van der Waals surface area contributed by atoms with Crippen molar-refractivity contribution in [3.05, 3.63) is 27.4 Å². The van der Waals surface area contributed by atoms with Crippen molar-refractivity contribution in [1.29, 1.82) is 0 Å². The van der Waals surface area contributed by atoms with Gasteiger partial charge in [0.1, 0.15) is 0 Å². The summed E-state index contributed by atoms with van der Waals surface area (Å²) < 4.78 is -0.563. The summed E-state index contributed by atoms with van der Waals surface area (Å²) in [7, 11) is 0. The maximum Gasteiger partial charge on any atom is 0.195 e. The Morgan fingerprint density at radius 3 is 2.79 bits per heavy atom. The first kappa shape index (κ1) is 9.93. The Morgan fingerprint density at radius 2 is 2.14 bits per heavy atom. The first-order valence-electron chi connectivity index (χ1n) is 4.21. The first-order chi connectivity index (χ1) is 6.58. The predicted molar refractivity (Wildman–Crippen MR) is 60.3 cm³/mol. The molecule has 2 rings (SSSR count). The van der Waals surface area contributed by atoms with Crippen molar-refractivity contribution in [3.8, 4) is 0 Å². The number of hydrogen-bond acceptors (Lipinski definition) is 2. The van der Waals surface area contributed by atoms with Gasteiger partial charge >= 0.3 is 0 Å². The third kappa shape index (κ3) is 1.25. The zero-order chi connectivity index (χ0) is 10.3. The van der Waals surface area contributed by atoms with Crippen molar-refractivity contribution < 1.29 is 0 Å². The molecule has 1 unspecified atom stereocenters. The lowest BCUT2D eigenvalue weighted by atomic mass is 10.2. The van der Waals surface area contributed by atoms with Gasteiger partial charge in [0, 0.05) is 6.07 Å². The van der Waals surface area contributed by atoms with E-state index < -0.39 is 4.65 Å². The van der Waals surface area contributed by atoms with E-state index in [0.29, 0.717) is 28.0 Å². The van der Waals surface area contributed by atoms with E-state index in [1.807, 2.05) is 0 Å². The molecule has 0 amide bonds. The monoisotopic (exact) mass is 230 g/mol. The van der Waals surface area contributed by atoms with Crippen molar-refractivity contribution in [2.75, 3.05) is 6.54 Å². The van der Waals surface area contributed by atoms with Crippen molar-refractivity contribution in [1.82, 2.24) is 4.65 Å². The van der Waals surface area contributed by atoms with E-state index in [2.05, 4.69) is 4.99 Å². The Kier molecular flexibility index (Phi) is 2.27. The zero-order valence-electron chi connectivity index (χ0n) is 7.50. The van der Waals surface area contributed by atoms with Gasteiger partial charge in [-0.05, 0) is 13.0 Å². The molecule has 0 fully saturated rings. The molecule has 74 valence electrons. The number of halogens is 2. The molecule has 1 heterocycles. The molecule has 1 aliphatic heterocycles. The molecule has 1 atom stereocenters. The molecule has 1 aliphatic rings. The minimum atomic E-state index is -0.563. The highest BCUT2D eigenvalue weighted by Crippen LogP contribution is 2.45. The lowest BCUT2D eigenvalue weighted by Crippen LogP contribution is -2.39. The van der Waals surface area contributed by atoms with Crippen molar-refractivity contribution >= 4 is 40.9 Å². The van der Waals surface area contributed by atoms with Gasteiger partial charge in [0.05, 0.1) is 16.6 Å². The van der Waals surface area contributed by atoms with Gasteiger partial charge in [-0.3, -0.25) is 4.65 Å². The summed E-state index contributed by atoms with van der Waals surface area (Å²) in [6.07, 6.45) is 1.34. The van der Waals surface area contributed by atoms with Crippen molar-refractivity contribution in [2.45, 2.75) is 6.92 Å². The van der Waals surface area contributed by atoms with E-state index in [9.17, 15) is 5.21 Å². The van der Waals surface area contributed by atoms with Crippen molar-refractivity contribution in [3.63, 3.8) is 0 Å². The topological polar surface area (TPSA) is 35.4 Å². The number of nitrogens with zero attached hydrogens (tertiary/aromatic N) is 2. The van der Waals surface area contributed by atoms with Gasteiger partial charge in [-0.2, -0.15) is 4.99 Å². The van der Waals surface area contributed by atoms with Crippen LogP contribution in [-0.4, -0.2) is 12.9 Å². The molecule has 0 spiro atoms. The molecule has 1 aromatic rings. The number of rotatable bonds is 1. The number of hydroxylamine groups is 2. The number of benzene rings is 1. The van der Waals surface area contributed by atoms with E-state index in [1.54, 1.807) is 19.1 Å². The quantitative estimate of drug-likeness (QED) is 0.538. The average Bonchev–Trinajstić information content (AvgIpc) is 2.52. The van der Waals surface area contributed by atoms with E-state index in [4.69, 9.17) is 23.2 Å². The molecule has 3 nitrogen and oxygen atoms in total. The Balaban J connectivity index is 2.64. The van der Waals surface area contributed by atoms with Gasteiger partial charge in [0.25, 0.3) is 0 Å². The van der Waals surface area contributed by atoms with Crippen LogP contribution in [0.4, 0.5) is 11.4 Å². The van der Waals surface area contributed by atoms with Crippen LogP contribution in [0.15, 0.2) is 17.1 Å². The second kappa shape index (κ2) is 3.21. The third-order valence-electron chi connectivity index (χ3n) is 2.30. The molecule has 0 radical (unpaired) electrons. The fraction of sp³-hybridized carbons (Fsp3) is 0.222. The van der Waals surface area contributed by atoms with Crippen LogP contribution in [0.1, 0.15) is 6.92 Å². The van der Waals surface area contributed by atoms with Gasteiger partial charge < -0.3 is 5.21 Å². The zero-order valence-corrected chi connectivity index (χ0v) is 9.01. The van der Waals surface area contributed by atoms with Gasteiger partial charge in [0.15, 0.2) is 17.7 Å². The molecular weight excluding hydrogens is 223 g/mol. The SMILES string of the molecule is CC[N+]1([O-])C=Nc2c1ccc(Cl)c2Cl. The van der Waals surface area contributed by atoms with Gasteiger partial charge in [-0.1, -0.05) is 23.2 Å². The summed E-state index contributed by atoms with van der Waals surface area (Å²) in [5.41, 5.74) is 1.05. The minimum Gasteiger partial charge on any atom is -0.621 e. The first-order valence-corrected chi connectivity index (χ1v) is 4.96. The van der Waals surface area contributed by atoms with Crippen molar-refractivity contribution in [2.24, 2.45) is 4.99 Å². The van der Waals surface area contributed by atoms with Gasteiger partial charge in [-0.25, -0.2) is 0 Å². The normalized spacial score (nSPS) is 24.0. The summed E-state index contributed by atoms with van der Waals surface area (Å²) in [6, 6.07) is 3.30. The summed E-state index contributed by atoms with van der Waals surface area (Å²) in [4.78, 5) is 4.00. The van der Waals surface area contributed by atoms with E-state index in [0.717, 1.165) is 0 Å². The largest absolute Gasteiger partial charge is 0.621 e. The Hall–Kier alpha value is -0.610. The highest BCUT2D eigenvalue weighted by atomic mass is 35.5. The van der Waals surface area contributed by atoms with Crippen LogP contribution in [0.5, 0.6) is 0 Å². The van der Waals surface area contributed by atoms with Gasteiger partial charge in [0.2, 0.25) is 0 Å². The average molecular weight is 231 g/mol. The lowest BCUT2D eigenvalue weighted by molar-refractivity contribution is 0.597. The van der Waals surface area contributed by atoms with Crippen LogP contribution in [-0.2, 0) is 0 Å². The highest BCUT2D eigenvalue weighted by Gasteiger charge is 2.28. The molecular formula is C9H8Cl2N2O. The minimum absolute atomic E-state index is 0.352. The number of hydrogen-bond donors (Lipinski definition) is 0. The van der Waals surface area contributed by atoms with E-state index in [-0.39, 0.29) is 0 Å². The molecule has 0 aromatic heterocycles.